The SMILES string of the molecule is N#CC1(c2nc(-c3cn[nH]c3)no2)CCCCC1. The molecule has 1 fully saturated rings. The van der Waals surface area contributed by atoms with Crippen LogP contribution in [0.1, 0.15) is 38.0 Å². The van der Waals surface area contributed by atoms with Crippen molar-refractivity contribution >= 4 is 0 Å². The van der Waals surface area contributed by atoms with E-state index < -0.39 is 5.41 Å². The Balaban J connectivity index is 1.95. The van der Waals surface area contributed by atoms with Crippen molar-refractivity contribution in [3.63, 3.8) is 0 Å². The van der Waals surface area contributed by atoms with E-state index >= 15 is 0 Å². The molecule has 1 aliphatic carbocycles. The maximum atomic E-state index is 9.44. The molecular formula is C12H13N5O. The van der Waals surface area contributed by atoms with Gasteiger partial charge in [-0.3, -0.25) is 5.10 Å². The first-order valence-corrected chi connectivity index (χ1v) is 6.09. The highest BCUT2D eigenvalue weighted by Crippen LogP contribution is 2.38. The van der Waals surface area contributed by atoms with Crippen LogP contribution in [0.15, 0.2) is 16.9 Å². The van der Waals surface area contributed by atoms with Gasteiger partial charge in [-0.05, 0) is 12.8 Å². The lowest BCUT2D eigenvalue weighted by Gasteiger charge is -2.26. The molecule has 0 aliphatic heterocycles. The van der Waals surface area contributed by atoms with Crippen molar-refractivity contribution in [2.45, 2.75) is 37.5 Å². The van der Waals surface area contributed by atoms with E-state index in [0.29, 0.717) is 11.7 Å². The molecule has 0 atom stereocenters. The van der Waals surface area contributed by atoms with Gasteiger partial charge in [0.15, 0.2) is 0 Å². The molecule has 1 N–H and O–H groups in total. The highest BCUT2D eigenvalue weighted by molar-refractivity contribution is 5.51. The Kier molecular flexibility index (Phi) is 2.59. The van der Waals surface area contributed by atoms with E-state index in [1.165, 1.54) is 6.42 Å². The van der Waals surface area contributed by atoms with Gasteiger partial charge in [-0.25, -0.2) is 0 Å². The lowest BCUT2D eigenvalue weighted by Crippen LogP contribution is -2.27. The number of H-pyrrole nitrogens is 1. The third-order valence-corrected chi connectivity index (χ3v) is 3.51. The molecule has 0 radical (unpaired) electrons. The average Bonchev–Trinajstić information content (AvgIpc) is 3.10. The number of nitrogens with zero attached hydrogens (tertiary/aromatic N) is 4. The molecule has 0 bridgehead atoms. The van der Waals surface area contributed by atoms with E-state index in [1.54, 1.807) is 12.4 Å². The Hall–Kier alpha value is -2.16. The van der Waals surface area contributed by atoms with Gasteiger partial charge >= 0.3 is 0 Å². The smallest absolute Gasteiger partial charge is 0.247 e. The monoisotopic (exact) mass is 243 g/mol. The highest BCUT2D eigenvalue weighted by atomic mass is 16.5. The molecule has 2 heterocycles. The van der Waals surface area contributed by atoms with Crippen LogP contribution in [0.2, 0.25) is 0 Å². The second kappa shape index (κ2) is 4.26. The van der Waals surface area contributed by atoms with Crippen molar-refractivity contribution in [1.82, 2.24) is 20.3 Å². The van der Waals surface area contributed by atoms with Crippen LogP contribution in [0.5, 0.6) is 0 Å². The Morgan fingerprint density at radius 3 is 2.83 bits per heavy atom. The Morgan fingerprint density at radius 1 is 1.33 bits per heavy atom. The summed E-state index contributed by atoms with van der Waals surface area (Å²) in [6, 6.07) is 2.37. The van der Waals surface area contributed by atoms with Crippen LogP contribution < -0.4 is 0 Å². The van der Waals surface area contributed by atoms with E-state index in [1.807, 2.05) is 0 Å². The first-order valence-electron chi connectivity index (χ1n) is 6.09. The van der Waals surface area contributed by atoms with Crippen molar-refractivity contribution in [2.24, 2.45) is 0 Å². The third-order valence-electron chi connectivity index (χ3n) is 3.51. The van der Waals surface area contributed by atoms with Gasteiger partial charge < -0.3 is 4.52 Å². The summed E-state index contributed by atoms with van der Waals surface area (Å²) in [6.45, 7) is 0. The number of nitrogens with one attached hydrogen (secondary N) is 1. The Morgan fingerprint density at radius 2 is 2.17 bits per heavy atom. The molecule has 2 aromatic heterocycles. The van der Waals surface area contributed by atoms with Crippen LogP contribution >= 0.6 is 0 Å². The van der Waals surface area contributed by atoms with E-state index in [-0.39, 0.29) is 0 Å². The first kappa shape index (κ1) is 11.0. The van der Waals surface area contributed by atoms with Gasteiger partial charge in [-0.2, -0.15) is 15.3 Å². The molecular weight excluding hydrogens is 230 g/mol. The minimum Gasteiger partial charge on any atom is -0.337 e. The number of rotatable bonds is 2. The van der Waals surface area contributed by atoms with Gasteiger partial charge in [0.1, 0.15) is 5.41 Å². The predicted octanol–water partition coefficient (Wildman–Crippen LogP) is 2.19. The van der Waals surface area contributed by atoms with Crippen molar-refractivity contribution in [3.05, 3.63) is 18.3 Å². The van der Waals surface area contributed by atoms with Gasteiger partial charge in [0.2, 0.25) is 11.7 Å². The molecule has 0 saturated heterocycles. The molecule has 0 unspecified atom stereocenters. The number of hydrogen-bond donors (Lipinski definition) is 1. The number of aromatic amines is 1. The van der Waals surface area contributed by atoms with E-state index in [2.05, 4.69) is 26.4 Å². The summed E-state index contributed by atoms with van der Waals surface area (Å²) < 4.78 is 5.30. The van der Waals surface area contributed by atoms with E-state index in [9.17, 15) is 5.26 Å². The van der Waals surface area contributed by atoms with Crippen molar-refractivity contribution in [1.29, 1.82) is 5.26 Å². The van der Waals surface area contributed by atoms with Gasteiger partial charge in [-0.15, -0.1) is 0 Å². The van der Waals surface area contributed by atoms with Gasteiger partial charge in [0.25, 0.3) is 0 Å². The van der Waals surface area contributed by atoms with Gasteiger partial charge in [0.05, 0.1) is 17.8 Å². The van der Waals surface area contributed by atoms with Crippen molar-refractivity contribution in [3.8, 4) is 17.5 Å². The summed E-state index contributed by atoms with van der Waals surface area (Å²) in [6.07, 6.45) is 8.19. The first-order chi connectivity index (χ1) is 8.84. The van der Waals surface area contributed by atoms with Crippen LogP contribution in [0.3, 0.4) is 0 Å². The van der Waals surface area contributed by atoms with Crippen LogP contribution in [0, 0.1) is 11.3 Å². The minimum atomic E-state index is -0.590. The summed E-state index contributed by atoms with van der Waals surface area (Å²) in [5.74, 6) is 0.930. The molecule has 1 saturated carbocycles. The molecule has 92 valence electrons. The standard InChI is InChI=1S/C12H13N5O/c13-8-12(4-2-1-3-5-12)11-16-10(17-18-11)9-6-14-15-7-9/h6-7H,1-5H2,(H,14,15). The summed E-state index contributed by atoms with van der Waals surface area (Å²) in [5, 5.41) is 19.9. The highest BCUT2D eigenvalue weighted by Gasteiger charge is 2.39. The van der Waals surface area contributed by atoms with Crippen LogP contribution in [0.25, 0.3) is 11.4 Å². The fourth-order valence-corrected chi connectivity index (χ4v) is 2.44. The lowest BCUT2D eigenvalue weighted by atomic mass is 9.75. The number of hydrogen-bond acceptors (Lipinski definition) is 5. The van der Waals surface area contributed by atoms with Crippen LogP contribution in [-0.4, -0.2) is 20.3 Å². The minimum absolute atomic E-state index is 0.445. The maximum absolute atomic E-state index is 9.44. The largest absolute Gasteiger partial charge is 0.337 e. The number of aromatic nitrogens is 4. The topological polar surface area (TPSA) is 91.4 Å². The second-order valence-electron chi connectivity index (χ2n) is 4.66. The fourth-order valence-electron chi connectivity index (χ4n) is 2.44. The Bertz CT molecular complexity index is 560. The second-order valence-corrected chi connectivity index (χ2v) is 4.66. The van der Waals surface area contributed by atoms with Crippen LogP contribution in [-0.2, 0) is 5.41 Å². The molecule has 1 aliphatic rings. The summed E-state index contributed by atoms with van der Waals surface area (Å²) in [7, 11) is 0. The molecule has 2 aromatic rings. The van der Waals surface area contributed by atoms with Gasteiger partial charge in [-0.1, -0.05) is 24.4 Å². The third kappa shape index (κ3) is 1.68. The summed E-state index contributed by atoms with van der Waals surface area (Å²) >= 11 is 0. The Labute approximate surface area is 104 Å². The quantitative estimate of drug-likeness (QED) is 0.872. The zero-order chi connectivity index (χ0) is 12.4. The average molecular weight is 243 g/mol. The fraction of sp³-hybridized carbons (Fsp3) is 0.500. The molecule has 0 aromatic carbocycles. The predicted molar refractivity (Wildman–Crippen MR) is 62.3 cm³/mol. The molecule has 0 amide bonds. The van der Waals surface area contributed by atoms with Crippen molar-refractivity contribution < 1.29 is 4.52 Å². The summed E-state index contributed by atoms with van der Waals surface area (Å²) in [5.41, 5.74) is 0.182. The van der Waals surface area contributed by atoms with Crippen molar-refractivity contribution in [2.75, 3.05) is 0 Å². The summed E-state index contributed by atoms with van der Waals surface area (Å²) in [4.78, 5) is 4.36. The lowest BCUT2D eigenvalue weighted by molar-refractivity contribution is 0.264. The van der Waals surface area contributed by atoms with Crippen LogP contribution in [0.4, 0.5) is 0 Å². The van der Waals surface area contributed by atoms with E-state index in [4.69, 9.17) is 4.52 Å². The zero-order valence-electron chi connectivity index (χ0n) is 9.89. The molecule has 3 rings (SSSR count). The molecule has 0 spiro atoms. The normalized spacial score (nSPS) is 18.4. The molecule has 18 heavy (non-hydrogen) atoms. The maximum Gasteiger partial charge on any atom is 0.247 e. The number of nitriles is 1. The molecule has 6 heteroatoms. The molecule has 6 nitrogen and oxygen atoms in total. The van der Waals surface area contributed by atoms with Gasteiger partial charge in [0, 0.05) is 6.20 Å². The zero-order valence-corrected chi connectivity index (χ0v) is 9.89. The van der Waals surface area contributed by atoms with E-state index in [0.717, 1.165) is 31.2 Å².